The van der Waals surface area contributed by atoms with Crippen LogP contribution in [0.3, 0.4) is 0 Å². The van der Waals surface area contributed by atoms with Crippen molar-refractivity contribution < 1.29 is 0 Å². The predicted octanol–water partition coefficient (Wildman–Crippen LogP) is 4.31. The molecule has 0 bridgehead atoms. The third kappa shape index (κ3) is 6.11. The summed E-state index contributed by atoms with van der Waals surface area (Å²) in [4.78, 5) is 2.57. The maximum atomic E-state index is 3.51. The van der Waals surface area contributed by atoms with Crippen LogP contribution >= 0.6 is 0 Å². The van der Waals surface area contributed by atoms with Gasteiger partial charge in [-0.15, -0.1) is 0 Å². The summed E-state index contributed by atoms with van der Waals surface area (Å²) in [5, 5.41) is 3.51. The fourth-order valence-electron chi connectivity index (χ4n) is 2.39. The van der Waals surface area contributed by atoms with Crippen LogP contribution < -0.4 is 5.32 Å². The Morgan fingerprint density at radius 3 is 2.42 bits per heavy atom. The van der Waals surface area contributed by atoms with Crippen LogP contribution in [0.1, 0.15) is 45.6 Å². The van der Waals surface area contributed by atoms with Crippen LogP contribution in [0.2, 0.25) is 0 Å². The van der Waals surface area contributed by atoms with E-state index >= 15 is 0 Å². The molecule has 2 nitrogen and oxygen atoms in total. The Labute approximate surface area is 119 Å². The average Bonchev–Trinajstić information content (AvgIpc) is 2.43. The van der Waals surface area contributed by atoms with Crippen LogP contribution in [-0.2, 0) is 0 Å². The molecule has 0 aliphatic rings. The number of unbranched alkanes of at least 4 members (excludes halogenated alkanes) is 1. The summed E-state index contributed by atoms with van der Waals surface area (Å²) in [6.45, 7) is 12.3. The fourth-order valence-corrected chi connectivity index (χ4v) is 2.39. The number of hydrogen-bond acceptors (Lipinski definition) is 2. The van der Waals surface area contributed by atoms with E-state index < -0.39 is 0 Å². The monoisotopic (exact) mass is 262 g/mol. The molecule has 0 heterocycles. The maximum Gasteiger partial charge on any atom is 0.0340 e. The number of likely N-dealkylation sites (N-methyl/N-ethyl adjacent to an activating group) is 1. The number of benzene rings is 1. The van der Waals surface area contributed by atoms with Gasteiger partial charge in [0.1, 0.15) is 0 Å². The van der Waals surface area contributed by atoms with Gasteiger partial charge in [0, 0.05) is 24.8 Å². The zero-order chi connectivity index (χ0) is 14.1. The molecule has 0 fully saturated rings. The molecule has 1 unspecified atom stereocenters. The first-order valence-corrected chi connectivity index (χ1v) is 7.72. The first kappa shape index (κ1) is 16.0. The number of aryl methyl sites for hydroxylation is 1. The lowest BCUT2D eigenvalue weighted by atomic mass is 10.1. The molecule has 0 aliphatic carbocycles. The van der Waals surface area contributed by atoms with Crippen LogP contribution in [0, 0.1) is 6.92 Å². The lowest BCUT2D eigenvalue weighted by molar-refractivity contribution is 0.215. The SMILES string of the molecule is CCCCC(C)N(CC)CCNc1ccc(C)cc1. The van der Waals surface area contributed by atoms with Crippen LogP contribution in [-0.4, -0.2) is 30.6 Å². The Hall–Kier alpha value is -1.02. The first-order chi connectivity index (χ1) is 9.17. The van der Waals surface area contributed by atoms with Gasteiger partial charge in [-0.2, -0.15) is 0 Å². The van der Waals surface area contributed by atoms with Gasteiger partial charge in [-0.1, -0.05) is 44.4 Å². The van der Waals surface area contributed by atoms with Gasteiger partial charge in [-0.3, -0.25) is 4.90 Å². The van der Waals surface area contributed by atoms with Crippen molar-refractivity contribution in [1.29, 1.82) is 0 Å². The number of anilines is 1. The van der Waals surface area contributed by atoms with Crippen molar-refractivity contribution in [2.24, 2.45) is 0 Å². The highest BCUT2D eigenvalue weighted by Crippen LogP contribution is 2.10. The van der Waals surface area contributed by atoms with Gasteiger partial charge in [-0.05, 0) is 38.9 Å². The Kier molecular flexibility index (Phi) is 7.57. The van der Waals surface area contributed by atoms with E-state index in [1.54, 1.807) is 0 Å². The van der Waals surface area contributed by atoms with Crippen molar-refractivity contribution in [2.75, 3.05) is 25.0 Å². The molecule has 0 saturated carbocycles. The summed E-state index contributed by atoms with van der Waals surface area (Å²) >= 11 is 0. The van der Waals surface area contributed by atoms with Gasteiger partial charge < -0.3 is 5.32 Å². The minimum atomic E-state index is 0.699. The second kappa shape index (κ2) is 8.98. The van der Waals surface area contributed by atoms with Crippen molar-refractivity contribution >= 4 is 5.69 Å². The third-order valence-electron chi connectivity index (χ3n) is 3.78. The largest absolute Gasteiger partial charge is 0.384 e. The molecular weight excluding hydrogens is 232 g/mol. The summed E-state index contributed by atoms with van der Waals surface area (Å²) in [6.07, 6.45) is 3.95. The van der Waals surface area contributed by atoms with E-state index in [-0.39, 0.29) is 0 Å². The second-order valence-corrected chi connectivity index (χ2v) is 5.41. The highest BCUT2D eigenvalue weighted by atomic mass is 15.2. The molecule has 108 valence electrons. The summed E-state index contributed by atoms with van der Waals surface area (Å²) in [5.41, 5.74) is 2.54. The molecule has 1 N–H and O–H groups in total. The Bertz CT molecular complexity index is 332. The number of nitrogens with zero attached hydrogens (tertiary/aromatic N) is 1. The van der Waals surface area contributed by atoms with E-state index in [2.05, 4.69) is 62.2 Å². The van der Waals surface area contributed by atoms with Gasteiger partial charge in [0.15, 0.2) is 0 Å². The topological polar surface area (TPSA) is 15.3 Å². The number of nitrogens with one attached hydrogen (secondary N) is 1. The van der Waals surface area contributed by atoms with Crippen LogP contribution in [0.4, 0.5) is 5.69 Å². The van der Waals surface area contributed by atoms with Crippen molar-refractivity contribution in [3.05, 3.63) is 29.8 Å². The molecule has 1 rings (SSSR count). The molecule has 0 saturated heterocycles. The normalized spacial score (nSPS) is 12.7. The minimum Gasteiger partial charge on any atom is -0.384 e. The van der Waals surface area contributed by atoms with Crippen molar-refractivity contribution in [3.63, 3.8) is 0 Å². The van der Waals surface area contributed by atoms with Gasteiger partial charge in [0.05, 0.1) is 0 Å². The molecule has 0 spiro atoms. The Morgan fingerprint density at radius 1 is 1.16 bits per heavy atom. The molecule has 0 aliphatic heterocycles. The summed E-state index contributed by atoms with van der Waals surface area (Å²) in [6, 6.07) is 9.33. The summed E-state index contributed by atoms with van der Waals surface area (Å²) in [7, 11) is 0. The van der Waals surface area contributed by atoms with Crippen molar-refractivity contribution in [3.8, 4) is 0 Å². The lowest BCUT2D eigenvalue weighted by Gasteiger charge is -2.28. The van der Waals surface area contributed by atoms with Crippen LogP contribution in [0.5, 0.6) is 0 Å². The van der Waals surface area contributed by atoms with Gasteiger partial charge in [-0.25, -0.2) is 0 Å². The fraction of sp³-hybridized carbons (Fsp3) is 0.647. The van der Waals surface area contributed by atoms with Crippen molar-refractivity contribution in [1.82, 2.24) is 4.90 Å². The second-order valence-electron chi connectivity index (χ2n) is 5.41. The quantitative estimate of drug-likeness (QED) is 0.713. The van der Waals surface area contributed by atoms with E-state index in [4.69, 9.17) is 0 Å². The Balaban J connectivity index is 2.30. The molecular formula is C17H30N2. The first-order valence-electron chi connectivity index (χ1n) is 7.72. The molecule has 2 heteroatoms. The highest BCUT2D eigenvalue weighted by molar-refractivity contribution is 5.44. The highest BCUT2D eigenvalue weighted by Gasteiger charge is 2.10. The number of hydrogen-bond donors (Lipinski definition) is 1. The molecule has 1 aromatic carbocycles. The van der Waals surface area contributed by atoms with Gasteiger partial charge >= 0.3 is 0 Å². The molecule has 1 atom stereocenters. The zero-order valence-corrected chi connectivity index (χ0v) is 13.1. The van der Waals surface area contributed by atoms with E-state index in [0.717, 1.165) is 19.6 Å². The van der Waals surface area contributed by atoms with Gasteiger partial charge in [0.25, 0.3) is 0 Å². The smallest absolute Gasteiger partial charge is 0.0340 e. The predicted molar refractivity (Wildman–Crippen MR) is 85.9 cm³/mol. The van der Waals surface area contributed by atoms with Gasteiger partial charge in [0.2, 0.25) is 0 Å². The average molecular weight is 262 g/mol. The minimum absolute atomic E-state index is 0.699. The summed E-state index contributed by atoms with van der Waals surface area (Å²) < 4.78 is 0. The van der Waals surface area contributed by atoms with Crippen molar-refractivity contribution in [2.45, 2.75) is 53.0 Å². The van der Waals surface area contributed by atoms with Crippen LogP contribution in [0.15, 0.2) is 24.3 Å². The molecule has 0 radical (unpaired) electrons. The lowest BCUT2D eigenvalue weighted by Crippen LogP contribution is -2.36. The summed E-state index contributed by atoms with van der Waals surface area (Å²) in [5.74, 6) is 0. The van der Waals surface area contributed by atoms with Crippen LogP contribution in [0.25, 0.3) is 0 Å². The molecule has 0 amide bonds. The zero-order valence-electron chi connectivity index (χ0n) is 13.1. The van der Waals surface area contributed by atoms with E-state index in [9.17, 15) is 0 Å². The third-order valence-corrected chi connectivity index (χ3v) is 3.78. The Morgan fingerprint density at radius 2 is 1.84 bits per heavy atom. The molecule has 1 aromatic rings. The maximum absolute atomic E-state index is 3.51. The standard InChI is InChI=1S/C17H30N2/c1-5-7-8-16(4)19(6-2)14-13-18-17-11-9-15(3)10-12-17/h9-12,16,18H,5-8,13-14H2,1-4H3. The van der Waals surface area contributed by atoms with E-state index in [0.29, 0.717) is 6.04 Å². The molecule has 0 aromatic heterocycles. The number of rotatable bonds is 9. The van der Waals surface area contributed by atoms with E-state index in [1.807, 2.05) is 0 Å². The van der Waals surface area contributed by atoms with E-state index in [1.165, 1.54) is 30.5 Å². The molecule has 19 heavy (non-hydrogen) atoms.